The predicted molar refractivity (Wildman–Crippen MR) is 75.2 cm³/mol. The molecule has 0 saturated carbocycles. The summed E-state index contributed by atoms with van der Waals surface area (Å²) in [6, 6.07) is 5.22. The Bertz CT molecular complexity index is 403. The highest BCUT2D eigenvalue weighted by Crippen LogP contribution is 2.18. The minimum Gasteiger partial charge on any atom is -0.489 e. The summed E-state index contributed by atoms with van der Waals surface area (Å²) in [7, 11) is 2.14. The fraction of sp³-hybridized carbons (Fsp3) is 0.600. The first kappa shape index (κ1) is 14.3. The van der Waals surface area contributed by atoms with Gasteiger partial charge >= 0.3 is 0 Å². The average Bonchev–Trinajstić information content (AvgIpc) is 2.42. The van der Waals surface area contributed by atoms with Gasteiger partial charge in [0, 0.05) is 32.7 Å². The van der Waals surface area contributed by atoms with Crippen LogP contribution in [0, 0.1) is 5.82 Å². The first-order chi connectivity index (χ1) is 9.19. The van der Waals surface area contributed by atoms with Crippen LogP contribution in [0.3, 0.4) is 0 Å². The lowest BCUT2D eigenvalue weighted by Gasteiger charge is -2.32. The lowest BCUT2D eigenvalue weighted by atomic mass is 10.1. The number of ether oxygens (including phenoxy) is 1. The molecule has 0 N–H and O–H groups in total. The SMILES string of the molecule is CCc1ccc(OCCN2CCN(C)CC2)c(F)c1. The van der Waals surface area contributed by atoms with E-state index in [0.29, 0.717) is 12.4 Å². The van der Waals surface area contributed by atoms with Crippen LogP contribution in [-0.4, -0.2) is 56.2 Å². The summed E-state index contributed by atoms with van der Waals surface area (Å²) in [6.45, 7) is 7.75. The number of aryl methyl sites for hydroxylation is 1. The van der Waals surface area contributed by atoms with Crippen LogP contribution in [-0.2, 0) is 6.42 Å². The van der Waals surface area contributed by atoms with E-state index in [1.165, 1.54) is 0 Å². The van der Waals surface area contributed by atoms with E-state index < -0.39 is 0 Å². The molecule has 1 aromatic carbocycles. The van der Waals surface area contributed by atoms with Crippen molar-refractivity contribution in [1.29, 1.82) is 0 Å². The first-order valence-corrected chi connectivity index (χ1v) is 7.01. The van der Waals surface area contributed by atoms with E-state index in [9.17, 15) is 4.39 Å². The summed E-state index contributed by atoms with van der Waals surface area (Å²) < 4.78 is 19.2. The van der Waals surface area contributed by atoms with Crippen LogP contribution in [0.5, 0.6) is 5.75 Å². The predicted octanol–water partition coefficient (Wildman–Crippen LogP) is 2.01. The Labute approximate surface area is 115 Å². The Balaban J connectivity index is 1.76. The minimum absolute atomic E-state index is 0.252. The third-order valence-corrected chi connectivity index (χ3v) is 3.67. The van der Waals surface area contributed by atoms with Gasteiger partial charge in [-0.1, -0.05) is 13.0 Å². The fourth-order valence-corrected chi connectivity index (χ4v) is 2.24. The second kappa shape index (κ2) is 6.87. The molecule has 0 unspecified atom stereocenters. The van der Waals surface area contributed by atoms with Crippen LogP contribution in [0.2, 0.25) is 0 Å². The van der Waals surface area contributed by atoms with E-state index in [0.717, 1.165) is 44.7 Å². The monoisotopic (exact) mass is 266 g/mol. The number of hydrogen-bond acceptors (Lipinski definition) is 3. The molecule has 1 aromatic rings. The average molecular weight is 266 g/mol. The zero-order chi connectivity index (χ0) is 13.7. The van der Waals surface area contributed by atoms with Crippen molar-refractivity contribution in [2.45, 2.75) is 13.3 Å². The van der Waals surface area contributed by atoms with Gasteiger partial charge in [0.2, 0.25) is 0 Å². The van der Waals surface area contributed by atoms with Crippen LogP contribution in [0.15, 0.2) is 18.2 Å². The third kappa shape index (κ3) is 4.18. The second-order valence-electron chi connectivity index (χ2n) is 5.11. The topological polar surface area (TPSA) is 15.7 Å². The summed E-state index contributed by atoms with van der Waals surface area (Å²) in [5.74, 6) is 0.115. The van der Waals surface area contributed by atoms with Crippen LogP contribution in [0.4, 0.5) is 4.39 Å². The smallest absolute Gasteiger partial charge is 0.165 e. The molecular formula is C15H23FN2O. The summed E-state index contributed by atoms with van der Waals surface area (Å²) in [6.07, 6.45) is 0.846. The highest BCUT2D eigenvalue weighted by Gasteiger charge is 2.13. The van der Waals surface area contributed by atoms with E-state index in [4.69, 9.17) is 4.74 Å². The summed E-state index contributed by atoms with van der Waals surface area (Å²) in [5.41, 5.74) is 1.00. The number of nitrogens with zero attached hydrogens (tertiary/aromatic N) is 2. The lowest BCUT2D eigenvalue weighted by molar-refractivity contribution is 0.132. The van der Waals surface area contributed by atoms with Crippen molar-refractivity contribution in [2.24, 2.45) is 0 Å². The van der Waals surface area contributed by atoms with Gasteiger partial charge in [-0.15, -0.1) is 0 Å². The number of benzene rings is 1. The highest BCUT2D eigenvalue weighted by molar-refractivity contribution is 5.29. The van der Waals surface area contributed by atoms with Crippen molar-refractivity contribution in [3.63, 3.8) is 0 Å². The van der Waals surface area contributed by atoms with E-state index in [1.807, 2.05) is 13.0 Å². The Hall–Kier alpha value is -1.13. The quantitative estimate of drug-likeness (QED) is 0.811. The molecule has 0 radical (unpaired) electrons. The molecule has 0 spiro atoms. The molecule has 1 fully saturated rings. The highest BCUT2D eigenvalue weighted by atomic mass is 19.1. The van der Waals surface area contributed by atoms with Crippen molar-refractivity contribution in [2.75, 3.05) is 46.4 Å². The van der Waals surface area contributed by atoms with Crippen LogP contribution in [0.1, 0.15) is 12.5 Å². The van der Waals surface area contributed by atoms with Gasteiger partial charge in [-0.25, -0.2) is 4.39 Å². The molecule has 19 heavy (non-hydrogen) atoms. The molecule has 2 rings (SSSR count). The Kier molecular flexibility index (Phi) is 5.16. The lowest BCUT2D eigenvalue weighted by Crippen LogP contribution is -2.45. The van der Waals surface area contributed by atoms with Gasteiger partial charge in [-0.3, -0.25) is 4.90 Å². The van der Waals surface area contributed by atoms with Crippen molar-refractivity contribution in [3.05, 3.63) is 29.6 Å². The van der Waals surface area contributed by atoms with Gasteiger partial charge in [0.25, 0.3) is 0 Å². The Morgan fingerprint density at radius 1 is 1.21 bits per heavy atom. The van der Waals surface area contributed by atoms with Crippen molar-refractivity contribution in [1.82, 2.24) is 9.80 Å². The Morgan fingerprint density at radius 2 is 1.95 bits per heavy atom. The van der Waals surface area contributed by atoms with Crippen LogP contribution >= 0.6 is 0 Å². The summed E-state index contributed by atoms with van der Waals surface area (Å²) in [5, 5.41) is 0. The fourth-order valence-electron chi connectivity index (χ4n) is 2.24. The minimum atomic E-state index is -0.252. The normalized spacial score (nSPS) is 17.6. The van der Waals surface area contributed by atoms with Crippen molar-refractivity contribution >= 4 is 0 Å². The van der Waals surface area contributed by atoms with Gasteiger partial charge in [0.1, 0.15) is 6.61 Å². The first-order valence-electron chi connectivity index (χ1n) is 7.01. The van der Waals surface area contributed by atoms with Gasteiger partial charge in [-0.2, -0.15) is 0 Å². The number of rotatable bonds is 5. The number of likely N-dealkylation sites (N-methyl/N-ethyl adjacent to an activating group) is 1. The van der Waals surface area contributed by atoms with Gasteiger partial charge in [-0.05, 0) is 31.2 Å². The zero-order valence-electron chi connectivity index (χ0n) is 11.9. The van der Waals surface area contributed by atoms with E-state index in [1.54, 1.807) is 12.1 Å². The van der Waals surface area contributed by atoms with Gasteiger partial charge in [0.15, 0.2) is 11.6 Å². The van der Waals surface area contributed by atoms with Crippen LogP contribution in [0.25, 0.3) is 0 Å². The van der Waals surface area contributed by atoms with Crippen LogP contribution < -0.4 is 4.74 Å². The molecular weight excluding hydrogens is 243 g/mol. The molecule has 0 aliphatic carbocycles. The third-order valence-electron chi connectivity index (χ3n) is 3.67. The molecule has 0 aromatic heterocycles. The zero-order valence-corrected chi connectivity index (χ0v) is 11.9. The molecule has 1 aliphatic heterocycles. The second-order valence-corrected chi connectivity index (χ2v) is 5.11. The van der Waals surface area contributed by atoms with Crippen molar-refractivity contribution in [3.8, 4) is 5.75 Å². The number of halogens is 1. The molecule has 0 atom stereocenters. The molecule has 0 bridgehead atoms. The summed E-state index contributed by atoms with van der Waals surface area (Å²) in [4.78, 5) is 4.68. The van der Waals surface area contributed by atoms with E-state index >= 15 is 0 Å². The molecule has 3 nitrogen and oxygen atoms in total. The molecule has 4 heteroatoms. The van der Waals surface area contributed by atoms with Crippen molar-refractivity contribution < 1.29 is 9.13 Å². The maximum absolute atomic E-state index is 13.7. The number of hydrogen-bond donors (Lipinski definition) is 0. The molecule has 106 valence electrons. The van der Waals surface area contributed by atoms with E-state index in [2.05, 4.69) is 16.8 Å². The van der Waals surface area contributed by atoms with Gasteiger partial charge in [0.05, 0.1) is 0 Å². The summed E-state index contributed by atoms with van der Waals surface area (Å²) >= 11 is 0. The maximum Gasteiger partial charge on any atom is 0.165 e. The standard InChI is InChI=1S/C15H23FN2O/c1-3-13-4-5-15(14(16)12-13)19-11-10-18-8-6-17(2)7-9-18/h4-5,12H,3,6-11H2,1-2H3. The molecule has 0 amide bonds. The number of piperazine rings is 1. The maximum atomic E-state index is 13.7. The van der Waals surface area contributed by atoms with E-state index in [-0.39, 0.29) is 5.82 Å². The Morgan fingerprint density at radius 3 is 2.58 bits per heavy atom. The largest absolute Gasteiger partial charge is 0.489 e. The van der Waals surface area contributed by atoms with Gasteiger partial charge < -0.3 is 9.64 Å². The molecule has 1 heterocycles. The molecule has 1 saturated heterocycles. The molecule has 1 aliphatic rings.